The summed E-state index contributed by atoms with van der Waals surface area (Å²) in [4.78, 5) is 14.1. The van der Waals surface area contributed by atoms with Gasteiger partial charge in [0.05, 0.1) is 5.60 Å². The van der Waals surface area contributed by atoms with Gasteiger partial charge in [0.1, 0.15) is 0 Å². The molecule has 3 saturated heterocycles. The lowest BCUT2D eigenvalue weighted by Gasteiger charge is -2.30. The van der Waals surface area contributed by atoms with Crippen LogP contribution in [0.4, 0.5) is 0 Å². The van der Waals surface area contributed by atoms with E-state index in [1.807, 2.05) is 11.8 Å². The fourth-order valence-corrected chi connectivity index (χ4v) is 3.88. The Morgan fingerprint density at radius 3 is 2.61 bits per heavy atom. The first-order chi connectivity index (χ1) is 8.52. The fourth-order valence-electron chi connectivity index (χ4n) is 3.88. The summed E-state index contributed by atoms with van der Waals surface area (Å²) in [6.45, 7) is 3.07. The first-order valence-corrected chi connectivity index (χ1v) is 7.28. The second-order valence-corrected chi connectivity index (χ2v) is 6.74. The quantitative estimate of drug-likeness (QED) is 0.767. The molecule has 3 aliphatic rings. The minimum Gasteiger partial charge on any atom is -0.388 e. The molecule has 4 heteroatoms. The first kappa shape index (κ1) is 12.4. The molecule has 0 aliphatic carbocycles. The average molecular weight is 252 g/mol. The Hall–Kier alpha value is -0.610. The Balaban J connectivity index is 1.52. The van der Waals surface area contributed by atoms with Gasteiger partial charge in [-0.3, -0.25) is 4.79 Å². The number of likely N-dealkylation sites (tertiary alicyclic amines) is 1. The summed E-state index contributed by atoms with van der Waals surface area (Å²) < 4.78 is 0. The van der Waals surface area contributed by atoms with Crippen molar-refractivity contribution in [3.63, 3.8) is 0 Å². The van der Waals surface area contributed by atoms with E-state index in [2.05, 4.69) is 5.32 Å². The number of hydrogen-bond acceptors (Lipinski definition) is 3. The Kier molecular flexibility index (Phi) is 3.10. The zero-order valence-corrected chi connectivity index (χ0v) is 11.2. The van der Waals surface area contributed by atoms with Gasteiger partial charge in [0.2, 0.25) is 5.91 Å². The van der Waals surface area contributed by atoms with Crippen LogP contribution in [0.2, 0.25) is 0 Å². The number of β-amino-alcohol motifs (C(OH)–C–C–N with tert-alkyl or cyclic N) is 1. The van der Waals surface area contributed by atoms with Gasteiger partial charge in [-0.05, 0) is 44.9 Å². The predicted molar refractivity (Wildman–Crippen MR) is 69.1 cm³/mol. The highest BCUT2D eigenvalue weighted by molar-refractivity contribution is 5.77. The van der Waals surface area contributed by atoms with Crippen molar-refractivity contribution in [2.75, 3.05) is 13.1 Å². The van der Waals surface area contributed by atoms with Crippen LogP contribution in [0, 0.1) is 5.92 Å². The van der Waals surface area contributed by atoms with E-state index >= 15 is 0 Å². The van der Waals surface area contributed by atoms with E-state index in [1.165, 1.54) is 12.8 Å². The molecule has 0 aromatic rings. The van der Waals surface area contributed by atoms with E-state index in [0.29, 0.717) is 31.0 Å². The van der Waals surface area contributed by atoms with Crippen molar-refractivity contribution < 1.29 is 9.90 Å². The number of amides is 1. The number of hydrogen-bond donors (Lipinski definition) is 2. The van der Waals surface area contributed by atoms with Crippen LogP contribution in [-0.2, 0) is 4.79 Å². The molecule has 0 aromatic heterocycles. The van der Waals surface area contributed by atoms with Crippen LogP contribution in [0.5, 0.6) is 0 Å². The third-order valence-corrected chi connectivity index (χ3v) is 4.84. The van der Waals surface area contributed by atoms with Crippen molar-refractivity contribution >= 4 is 5.91 Å². The van der Waals surface area contributed by atoms with Crippen LogP contribution < -0.4 is 5.32 Å². The molecule has 0 saturated carbocycles. The van der Waals surface area contributed by atoms with Crippen molar-refractivity contribution in [3.8, 4) is 0 Å². The van der Waals surface area contributed by atoms with Crippen LogP contribution >= 0.6 is 0 Å². The summed E-state index contributed by atoms with van der Waals surface area (Å²) in [5.41, 5.74) is -0.664. The largest absolute Gasteiger partial charge is 0.388 e. The van der Waals surface area contributed by atoms with Crippen LogP contribution in [0.3, 0.4) is 0 Å². The van der Waals surface area contributed by atoms with Crippen LogP contribution in [0.25, 0.3) is 0 Å². The van der Waals surface area contributed by atoms with Gasteiger partial charge in [-0.1, -0.05) is 0 Å². The van der Waals surface area contributed by atoms with Gasteiger partial charge in [0, 0.05) is 31.6 Å². The second-order valence-electron chi connectivity index (χ2n) is 6.74. The van der Waals surface area contributed by atoms with E-state index in [-0.39, 0.29) is 5.91 Å². The molecular formula is C14H24N2O2. The Labute approximate surface area is 109 Å². The number of carbonyl (C=O) groups excluding carboxylic acids is 1. The summed E-state index contributed by atoms with van der Waals surface area (Å²) in [6.07, 6.45) is 6.29. The van der Waals surface area contributed by atoms with Crippen molar-refractivity contribution in [3.05, 3.63) is 0 Å². The molecule has 0 radical (unpaired) electrons. The van der Waals surface area contributed by atoms with Gasteiger partial charge in [-0.25, -0.2) is 0 Å². The molecule has 3 unspecified atom stereocenters. The summed E-state index contributed by atoms with van der Waals surface area (Å²) in [5, 5.41) is 13.5. The fraction of sp³-hybridized carbons (Fsp3) is 0.929. The van der Waals surface area contributed by atoms with Crippen LogP contribution in [0.15, 0.2) is 0 Å². The summed E-state index contributed by atoms with van der Waals surface area (Å²) in [5.74, 6) is 0.806. The minimum absolute atomic E-state index is 0.249. The predicted octanol–water partition coefficient (Wildman–Crippen LogP) is 0.890. The van der Waals surface area contributed by atoms with E-state index < -0.39 is 5.60 Å². The van der Waals surface area contributed by atoms with Crippen LogP contribution in [-0.4, -0.2) is 46.7 Å². The Bertz CT molecular complexity index is 331. The van der Waals surface area contributed by atoms with Crippen LogP contribution in [0.1, 0.15) is 45.4 Å². The summed E-state index contributed by atoms with van der Waals surface area (Å²) in [7, 11) is 0. The van der Waals surface area contributed by atoms with E-state index in [0.717, 1.165) is 25.8 Å². The summed E-state index contributed by atoms with van der Waals surface area (Å²) >= 11 is 0. The van der Waals surface area contributed by atoms with Gasteiger partial charge >= 0.3 is 0 Å². The van der Waals surface area contributed by atoms with Gasteiger partial charge in [-0.15, -0.1) is 0 Å². The molecule has 0 aromatic carbocycles. The SMILES string of the molecule is CC1(O)CCN(C(=O)CC2CC3CCC(C2)N3)C1. The molecule has 3 rings (SSSR count). The van der Waals surface area contributed by atoms with Crippen molar-refractivity contribution in [2.24, 2.45) is 5.92 Å². The topological polar surface area (TPSA) is 52.6 Å². The molecule has 4 nitrogen and oxygen atoms in total. The number of fused-ring (bicyclic) bond motifs is 2. The third-order valence-electron chi connectivity index (χ3n) is 4.84. The highest BCUT2D eigenvalue weighted by atomic mass is 16.3. The van der Waals surface area contributed by atoms with Crippen molar-refractivity contribution in [2.45, 2.75) is 63.1 Å². The zero-order valence-electron chi connectivity index (χ0n) is 11.2. The van der Waals surface area contributed by atoms with Gasteiger partial charge in [-0.2, -0.15) is 0 Å². The molecule has 18 heavy (non-hydrogen) atoms. The monoisotopic (exact) mass is 252 g/mol. The molecule has 3 fully saturated rings. The molecule has 1 amide bonds. The Morgan fingerprint density at radius 2 is 2.06 bits per heavy atom. The maximum atomic E-state index is 12.2. The maximum absolute atomic E-state index is 12.2. The first-order valence-electron chi connectivity index (χ1n) is 7.28. The van der Waals surface area contributed by atoms with Crippen molar-refractivity contribution in [1.29, 1.82) is 0 Å². The lowest BCUT2D eigenvalue weighted by Crippen LogP contribution is -2.40. The minimum atomic E-state index is -0.664. The number of nitrogens with zero attached hydrogens (tertiary/aromatic N) is 1. The molecule has 102 valence electrons. The molecule has 2 N–H and O–H groups in total. The standard InChI is InChI=1S/C14H24N2O2/c1-14(18)4-5-16(9-14)13(17)8-10-6-11-2-3-12(7-10)15-11/h10-12,15,18H,2-9H2,1H3. The average Bonchev–Trinajstić information content (AvgIpc) is 2.82. The Morgan fingerprint density at radius 1 is 1.39 bits per heavy atom. The van der Waals surface area contributed by atoms with Gasteiger partial charge in [0.15, 0.2) is 0 Å². The van der Waals surface area contributed by atoms with E-state index in [9.17, 15) is 9.90 Å². The lowest BCUT2D eigenvalue weighted by molar-refractivity contribution is -0.132. The third kappa shape index (κ3) is 2.54. The zero-order chi connectivity index (χ0) is 12.8. The maximum Gasteiger partial charge on any atom is 0.222 e. The number of nitrogens with one attached hydrogen (secondary N) is 1. The summed E-state index contributed by atoms with van der Waals surface area (Å²) in [6, 6.07) is 1.31. The molecule has 3 aliphatic heterocycles. The number of rotatable bonds is 2. The molecule has 2 bridgehead atoms. The van der Waals surface area contributed by atoms with E-state index in [4.69, 9.17) is 0 Å². The highest BCUT2D eigenvalue weighted by Crippen LogP contribution is 2.33. The second kappa shape index (κ2) is 4.49. The van der Waals surface area contributed by atoms with E-state index in [1.54, 1.807) is 0 Å². The number of piperidine rings is 1. The molecular weight excluding hydrogens is 228 g/mol. The lowest BCUT2D eigenvalue weighted by atomic mass is 9.89. The van der Waals surface area contributed by atoms with Crippen molar-refractivity contribution in [1.82, 2.24) is 10.2 Å². The van der Waals surface area contributed by atoms with Gasteiger partial charge in [0.25, 0.3) is 0 Å². The normalized spacial score (nSPS) is 43.4. The number of carbonyl (C=O) groups is 1. The smallest absolute Gasteiger partial charge is 0.222 e. The molecule has 0 spiro atoms. The van der Waals surface area contributed by atoms with Gasteiger partial charge < -0.3 is 15.3 Å². The molecule has 3 atom stereocenters. The number of aliphatic hydroxyl groups is 1. The molecule has 3 heterocycles. The highest BCUT2D eigenvalue weighted by Gasteiger charge is 2.37.